The van der Waals surface area contributed by atoms with Gasteiger partial charge in [-0.05, 0) is 58.3 Å². The van der Waals surface area contributed by atoms with E-state index in [1.54, 1.807) is 19.1 Å². The Morgan fingerprint density at radius 3 is 2.32 bits per heavy atom. The summed E-state index contributed by atoms with van der Waals surface area (Å²) in [5, 5.41) is 0.575. The van der Waals surface area contributed by atoms with Crippen LogP contribution in [0.3, 0.4) is 0 Å². The van der Waals surface area contributed by atoms with Crippen LogP contribution < -0.4 is 23.8 Å². The van der Waals surface area contributed by atoms with Crippen molar-refractivity contribution in [2.75, 3.05) is 46.3 Å². The first-order valence-corrected chi connectivity index (χ1v) is 11.6. The third kappa shape index (κ3) is 5.16. The Labute approximate surface area is 209 Å². The lowest BCUT2D eigenvalue weighted by atomic mass is 10.1. The number of carbonyl (C=O) groups is 1. The van der Waals surface area contributed by atoms with Gasteiger partial charge < -0.3 is 23.8 Å². The van der Waals surface area contributed by atoms with E-state index in [0.29, 0.717) is 40.2 Å². The summed E-state index contributed by atoms with van der Waals surface area (Å²) in [5.41, 5.74) is 0.668. The number of para-hydroxylation sites is 2. The second-order valence-corrected chi connectivity index (χ2v) is 9.08. The van der Waals surface area contributed by atoms with Crippen molar-refractivity contribution in [2.24, 2.45) is 0 Å². The first-order valence-electron chi connectivity index (χ1n) is 10.8. The fraction of sp³-hybridized carbons (Fsp3) is 0.417. The number of hydrogen-bond donors (Lipinski definition) is 0. The van der Waals surface area contributed by atoms with Crippen LogP contribution in [0.2, 0.25) is 0 Å². The van der Waals surface area contributed by atoms with Crippen LogP contribution in [0, 0.1) is 0 Å². The van der Waals surface area contributed by atoms with E-state index in [9.17, 15) is 4.79 Å². The number of benzene rings is 2. The summed E-state index contributed by atoms with van der Waals surface area (Å²) in [4.78, 5) is 22.4. The summed E-state index contributed by atoms with van der Waals surface area (Å²) in [5.74, 6) is 2.34. The van der Waals surface area contributed by atoms with Crippen LogP contribution in [0.1, 0.15) is 13.3 Å². The zero-order chi connectivity index (χ0) is 23.5. The summed E-state index contributed by atoms with van der Waals surface area (Å²) in [6, 6.07) is 11.1. The molecule has 2 unspecified atom stereocenters. The fourth-order valence-corrected chi connectivity index (χ4v) is 4.89. The van der Waals surface area contributed by atoms with Crippen LogP contribution in [0.4, 0.5) is 5.13 Å². The number of fused-ring (bicyclic) bond motifs is 2. The average molecular weight is 508 g/mol. The van der Waals surface area contributed by atoms with Crippen molar-refractivity contribution in [3.05, 3.63) is 36.4 Å². The molecule has 8 nitrogen and oxygen atoms in total. The predicted octanol–water partition coefficient (Wildman–Crippen LogP) is 4.25. The maximum absolute atomic E-state index is 13.8. The molecular formula is C24H30ClN3O5S. The Kier molecular flexibility index (Phi) is 8.46. The Hall–Kier alpha value is -2.75. The quantitative estimate of drug-likeness (QED) is 0.451. The van der Waals surface area contributed by atoms with Crippen molar-refractivity contribution in [3.8, 4) is 23.0 Å². The summed E-state index contributed by atoms with van der Waals surface area (Å²) in [7, 11) is 7.24. The number of methoxy groups -OCH3 is 2. The molecular weight excluding hydrogens is 478 g/mol. The summed E-state index contributed by atoms with van der Waals surface area (Å²) < 4.78 is 23.9. The molecule has 1 aliphatic heterocycles. The SMILES string of the molecule is COc1ccc(OC)c2sc(N(CCCN(C)C)C(=O)C3Oc4ccccc4OC3C)nc12.Cl. The van der Waals surface area contributed by atoms with Crippen molar-refractivity contribution in [2.45, 2.75) is 25.6 Å². The first-order chi connectivity index (χ1) is 15.9. The number of thiazole rings is 1. The number of nitrogens with zero attached hydrogens (tertiary/aromatic N) is 3. The molecule has 0 saturated carbocycles. The Morgan fingerprint density at radius 1 is 1.03 bits per heavy atom. The molecule has 2 atom stereocenters. The number of carbonyl (C=O) groups excluding carboxylic acids is 1. The fourth-order valence-electron chi connectivity index (χ4n) is 3.78. The number of rotatable bonds is 8. The Bertz CT molecular complexity index is 1100. The maximum Gasteiger partial charge on any atom is 0.273 e. The smallest absolute Gasteiger partial charge is 0.273 e. The van der Waals surface area contributed by atoms with Gasteiger partial charge in [-0.2, -0.15) is 0 Å². The van der Waals surface area contributed by atoms with E-state index in [0.717, 1.165) is 17.7 Å². The minimum atomic E-state index is -0.782. The molecule has 2 aromatic carbocycles. The normalized spacial score (nSPS) is 16.8. The van der Waals surface area contributed by atoms with Crippen molar-refractivity contribution in [3.63, 3.8) is 0 Å². The molecule has 34 heavy (non-hydrogen) atoms. The molecule has 0 fully saturated rings. The minimum absolute atomic E-state index is 0. The molecule has 184 valence electrons. The number of amides is 1. The van der Waals surface area contributed by atoms with Crippen LogP contribution in [0.5, 0.6) is 23.0 Å². The van der Waals surface area contributed by atoms with Gasteiger partial charge in [0, 0.05) is 6.54 Å². The second-order valence-electron chi connectivity index (χ2n) is 8.10. The van der Waals surface area contributed by atoms with Crippen LogP contribution >= 0.6 is 23.7 Å². The average Bonchev–Trinajstić information content (AvgIpc) is 3.25. The number of aromatic nitrogens is 1. The number of halogens is 1. The lowest BCUT2D eigenvalue weighted by molar-refractivity contribution is -0.130. The van der Waals surface area contributed by atoms with Crippen LogP contribution in [0.15, 0.2) is 36.4 Å². The standard InChI is InChI=1S/C24H29N3O5S.ClH/c1-15-21(32-17-10-7-6-9-16(17)31-15)23(28)27(14-8-13-26(2)3)24-25-20-18(29-4)11-12-19(30-5)22(20)33-24;/h6-7,9-12,15,21H,8,13-14H2,1-5H3;1H. The van der Waals surface area contributed by atoms with Crippen molar-refractivity contribution >= 4 is 45.0 Å². The van der Waals surface area contributed by atoms with Gasteiger partial charge in [-0.25, -0.2) is 4.98 Å². The lowest BCUT2D eigenvalue weighted by Crippen LogP contribution is -2.51. The summed E-state index contributed by atoms with van der Waals surface area (Å²) in [6.07, 6.45) is -0.446. The third-order valence-corrected chi connectivity index (χ3v) is 6.56. The Balaban J connectivity index is 0.00000324. The van der Waals surface area contributed by atoms with Gasteiger partial charge in [0.15, 0.2) is 16.6 Å². The second kappa shape index (κ2) is 11.1. The molecule has 2 heterocycles. The van der Waals surface area contributed by atoms with Crippen molar-refractivity contribution in [1.82, 2.24) is 9.88 Å². The topological polar surface area (TPSA) is 73.4 Å². The molecule has 3 aromatic rings. The van der Waals surface area contributed by atoms with Crippen LogP contribution in [-0.2, 0) is 4.79 Å². The number of ether oxygens (including phenoxy) is 4. The molecule has 0 N–H and O–H groups in total. The van der Waals surface area contributed by atoms with Crippen molar-refractivity contribution < 1.29 is 23.7 Å². The number of anilines is 1. The molecule has 1 aliphatic rings. The minimum Gasteiger partial charge on any atom is -0.495 e. The van der Waals surface area contributed by atoms with Gasteiger partial charge in [0.1, 0.15) is 27.8 Å². The maximum atomic E-state index is 13.8. The van der Waals surface area contributed by atoms with E-state index in [2.05, 4.69) is 4.90 Å². The highest BCUT2D eigenvalue weighted by atomic mass is 35.5. The lowest BCUT2D eigenvalue weighted by Gasteiger charge is -2.33. The van der Waals surface area contributed by atoms with Crippen molar-refractivity contribution in [1.29, 1.82) is 0 Å². The molecule has 10 heteroatoms. The highest BCUT2D eigenvalue weighted by Crippen LogP contribution is 2.41. The molecule has 4 rings (SSSR count). The third-order valence-electron chi connectivity index (χ3n) is 5.47. The van der Waals surface area contributed by atoms with E-state index in [4.69, 9.17) is 23.9 Å². The van der Waals surface area contributed by atoms with Gasteiger partial charge in [-0.1, -0.05) is 23.5 Å². The van der Waals surface area contributed by atoms with E-state index in [1.165, 1.54) is 11.3 Å². The highest BCUT2D eigenvalue weighted by molar-refractivity contribution is 7.22. The van der Waals surface area contributed by atoms with Gasteiger partial charge in [0.2, 0.25) is 6.10 Å². The van der Waals surface area contributed by atoms with Crippen LogP contribution in [0.25, 0.3) is 10.2 Å². The zero-order valence-corrected chi connectivity index (χ0v) is 21.6. The monoisotopic (exact) mass is 507 g/mol. The zero-order valence-electron chi connectivity index (χ0n) is 19.9. The molecule has 1 aromatic heterocycles. The Morgan fingerprint density at radius 2 is 1.68 bits per heavy atom. The molecule has 0 radical (unpaired) electrons. The first kappa shape index (κ1) is 25.9. The van der Waals surface area contributed by atoms with Gasteiger partial charge in [-0.3, -0.25) is 9.69 Å². The van der Waals surface area contributed by atoms with Gasteiger partial charge in [-0.15, -0.1) is 12.4 Å². The van der Waals surface area contributed by atoms with Crippen LogP contribution in [-0.4, -0.2) is 69.4 Å². The molecule has 0 bridgehead atoms. The summed E-state index contributed by atoms with van der Waals surface area (Å²) in [6.45, 7) is 3.18. The van der Waals surface area contributed by atoms with E-state index >= 15 is 0 Å². The molecule has 1 amide bonds. The van der Waals surface area contributed by atoms with Gasteiger partial charge >= 0.3 is 0 Å². The van der Waals surface area contributed by atoms with E-state index < -0.39 is 12.2 Å². The molecule has 0 aliphatic carbocycles. The largest absolute Gasteiger partial charge is 0.495 e. The van der Waals surface area contributed by atoms with E-state index in [-0.39, 0.29) is 18.3 Å². The summed E-state index contributed by atoms with van der Waals surface area (Å²) >= 11 is 1.40. The number of hydrogen-bond acceptors (Lipinski definition) is 8. The highest BCUT2D eigenvalue weighted by Gasteiger charge is 2.38. The predicted molar refractivity (Wildman–Crippen MR) is 136 cm³/mol. The molecule has 0 saturated heterocycles. The van der Waals surface area contributed by atoms with E-state index in [1.807, 2.05) is 57.4 Å². The molecule has 0 spiro atoms. The van der Waals surface area contributed by atoms with Gasteiger partial charge in [0.05, 0.1) is 14.2 Å². The van der Waals surface area contributed by atoms with Gasteiger partial charge in [0.25, 0.3) is 5.91 Å².